The van der Waals surface area contributed by atoms with Gasteiger partial charge in [0.15, 0.2) is 0 Å². The lowest BCUT2D eigenvalue weighted by atomic mass is 9.76. The van der Waals surface area contributed by atoms with Crippen molar-refractivity contribution in [1.29, 1.82) is 5.26 Å². The Morgan fingerprint density at radius 1 is 1.36 bits per heavy atom. The lowest BCUT2D eigenvalue weighted by Gasteiger charge is -2.25. The van der Waals surface area contributed by atoms with Crippen LogP contribution in [0, 0.1) is 28.6 Å². The zero-order valence-electron chi connectivity index (χ0n) is 9.92. The van der Waals surface area contributed by atoms with E-state index in [1.807, 2.05) is 34.6 Å². The lowest BCUT2D eigenvalue weighted by Crippen LogP contribution is -2.23. The van der Waals surface area contributed by atoms with Crippen molar-refractivity contribution in [3.8, 4) is 6.07 Å². The second kappa shape index (κ2) is 5.14. The summed E-state index contributed by atoms with van der Waals surface area (Å²) in [6.45, 7) is 9.81. The third kappa shape index (κ3) is 3.49. The molecule has 0 aliphatic carbocycles. The molecular formula is C12H21NO. The Kier molecular flexibility index (Phi) is 4.83. The first-order valence-electron chi connectivity index (χ1n) is 5.27. The van der Waals surface area contributed by atoms with Gasteiger partial charge in [0.05, 0.1) is 11.5 Å². The molecule has 80 valence electrons. The highest BCUT2D eigenvalue weighted by atomic mass is 16.1. The van der Waals surface area contributed by atoms with Crippen molar-refractivity contribution < 1.29 is 4.79 Å². The maximum atomic E-state index is 11.4. The Balaban J connectivity index is 4.24. The summed E-state index contributed by atoms with van der Waals surface area (Å²) in [6, 6.07) is 2.32. The Bertz CT molecular complexity index is 237. The van der Waals surface area contributed by atoms with Gasteiger partial charge in [0.2, 0.25) is 0 Å². The van der Waals surface area contributed by atoms with E-state index in [2.05, 4.69) is 6.07 Å². The average molecular weight is 195 g/mol. The quantitative estimate of drug-likeness (QED) is 0.676. The van der Waals surface area contributed by atoms with Crippen molar-refractivity contribution in [2.24, 2.45) is 17.3 Å². The monoisotopic (exact) mass is 195 g/mol. The summed E-state index contributed by atoms with van der Waals surface area (Å²) in [5.74, 6) is 0.643. The molecule has 0 saturated carbocycles. The Hall–Kier alpha value is -0.840. The first kappa shape index (κ1) is 13.2. The molecule has 0 amide bonds. The van der Waals surface area contributed by atoms with Crippen molar-refractivity contribution in [3.05, 3.63) is 0 Å². The van der Waals surface area contributed by atoms with E-state index in [-0.39, 0.29) is 17.1 Å². The van der Waals surface area contributed by atoms with Gasteiger partial charge in [-0.2, -0.15) is 5.26 Å². The molecule has 0 spiro atoms. The van der Waals surface area contributed by atoms with Crippen molar-refractivity contribution in [1.82, 2.24) is 0 Å². The van der Waals surface area contributed by atoms with Gasteiger partial charge in [-0.25, -0.2) is 0 Å². The number of rotatable bonds is 5. The van der Waals surface area contributed by atoms with Crippen LogP contribution in [0.3, 0.4) is 0 Å². The molecule has 1 unspecified atom stereocenters. The van der Waals surface area contributed by atoms with E-state index in [4.69, 9.17) is 5.26 Å². The van der Waals surface area contributed by atoms with Crippen LogP contribution in [0.15, 0.2) is 0 Å². The van der Waals surface area contributed by atoms with Crippen LogP contribution in [-0.4, -0.2) is 5.78 Å². The van der Waals surface area contributed by atoms with Gasteiger partial charge in [0.25, 0.3) is 0 Å². The third-order valence-electron chi connectivity index (χ3n) is 3.06. The number of hydrogen-bond donors (Lipinski definition) is 0. The van der Waals surface area contributed by atoms with Crippen LogP contribution in [0.1, 0.15) is 47.5 Å². The fraction of sp³-hybridized carbons (Fsp3) is 0.833. The third-order valence-corrected chi connectivity index (χ3v) is 3.06. The molecule has 0 aliphatic heterocycles. The second-order valence-electron chi connectivity index (χ2n) is 4.80. The smallest absolute Gasteiger partial charge is 0.135 e. The molecule has 2 nitrogen and oxygen atoms in total. The summed E-state index contributed by atoms with van der Waals surface area (Å²) in [5.41, 5.74) is -0.357. The van der Waals surface area contributed by atoms with Crippen molar-refractivity contribution in [3.63, 3.8) is 0 Å². The molecule has 0 saturated heterocycles. The highest BCUT2D eigenvalue weighted by Gasteiger charge is 2.28. The first-order chi connectivity index (χ1) is 6.33. The Morgan fingerprint density at radius 2 is 1.86 bits per heavy atom. The molecule has 14 heavy (non-hydrogen) atoms. The van der Waals surface area contributed by atoms with Crippen LogP contribution >= 0.6 is 0 Å². The standard InChI is InChI=1S/C12H21NO/c1-9(2)11(14)6-7-12(5,8-13)10(3)4/h9-10H,6-7H2,1-5H3. The van der Waals surface area contributed by atoms with Gasteiger partial charge in [-0.15, -0.1) is 0 Å². The average Bonchev–Trinajstić information content (AvgIpc) is 2.12. The van der Waals surface area contributed by atoms with Crippen LogP contribution < -0.4 is 0 Å². The van der Waals surface area contributed by atoms with Crippen LogP contribution in [0.2, 0.25) is 0 Å². The molecule has 0 aromatic heterocycles. The SMILES string of the molecule is CC(C)C(=O)CCC(C)(C#N)C(C)C. The van der Waals surface area contributed by atoms with Gasteiger partial charge in [0.1, 0.15) is 5.78 Å². The minimum atomic E-state index is -0.357. The summed E-state index contributed by atoms with van der Waals surface area (Å²) < 4.78 is 0. The van der Waals surface area contributed by atoms with Crippen molar-refractivity contribution in [2.45, 2.75) is 47.5 Å². The van der Waals surface area contributed by atoms with Gasteiger partial charge in [-0.05, 0) is 19.3 Å². The molecular weight excluding hydrogens is 174 g/mol. The Labute approximate surface area is 87.3 Å². The van der Waals surface area contributed by atoms with E-state index < -0.39 is 0 Å². The molecule has 0 N–H and O–H groups in total. The largest absolute Gasteiger partial charge is 0.299 e. The van der Waals surface area contributed by atoms with E-state index in [0.29, 0.717) is 18.8 Å². The Morgan fingerprint density at radius 3 is 2.14 bits per heavy atom. The molecule has 0 radical (unpaired) electrons. The van der Waals surface area contributed by atoms with E-state index in [1.165, 1.54) is 0 Å². The lowest BCUT2D eigenvalue weighted by molar-refractivity contribution is -0.122. The molecule has 0 fully saturated rings. The fourth-order valence-corrected chi connectivity index (χ4v) is 1.15. The van der Waals surface area contributed by atoms with Crippen molar-refractivity contribution >= 4 is 5.78 Å². The van der Waals surface area contributed by atoms with E-state index in [1.54, 1.807) is 0 Å². The zero-order chi connectivity index (χ0) is 11.4. The maximum Gasteiger partial charge on any atom is 0.135 e. The highest BCUT2D eigenvalue weighted by Crippen LogP contribution is 2.31. The summed E-state index contributed by atoms with van der Waals surface area (Å²) in [5, 5.41) is 9.05. The molecule has 0 aromatic rings. The molecule has 0 bridgehead atoms. The number of Topliss-reactive ketones (excluding diaryl/α,β-unsaturated/α-hetero) is 1. The summed E-state index contributed by atoms with van der Waals surface area (Å²) >= 11 is 0. The van der Waals surface area contributed by atoms with Crippen LogP contribution in [-0.2, 0) is 4.79 Å². The first-order valence-corrected chi connectivity index (χ1v) is 5.27. The zero-order valence-corrected chi connectivity index (χ0v) is 9.92. The predicted molar refractivity (Wildman–Crippen MR) is 57.6 cm³/mol. The van der Waals surface area contributed by atoms with E-state index >= 15 is 0 Å². The minimum absolute atomic E-state index is 0.0881. The van der Waals surface area contributed by atoms with Crippen LogP contribution in [0.5, 0.6) is 0 Å². The van der Waals surface area contributed by atoms with E-state index in [0.717, 1.165) is 0 Å². The van der Waals surface area contributed by atoms with Gasteiger partial charge < -0.3 is 0 Å². The van der Waals surface area contributed by atoms with Gasteiger partial charge in [-0.1, -0.05) is 27.7 Å². The topological polar surface area (TPSA) is 40.9 Å². The molecule has 0 heterocycles. The summed E-state index contributed by atoms with van der Waals surface area (Å²) in [4.78, 5) is 11.4. The molecule has 1 atom stereocenters. The van der Waals surface area contributed by atoms with Gasteiger partial charge in [-0.3, -0.25) is 4.79 Å². The molecule has 2 heteroatoms. The number of carbonyl (C=O) groups excluding carboxylic acids is 1. The van der Waals surface area contributed by atoms with Crippen LogP contribution in [0.4, 0.5) is 0 Å². The fourth-order valence-electron chi connectivity index (χ4n) is 1.15. The maximum absolute atomic E-state index is 11.4. The second-order valence-corrected chi connectivity index (χ2v) is 4.80. The summed E-state index contributed by atoms with van der Waals surface area (Å²) in [7, 11) is 0. The minimum Gasteiger partial charge on any atom is -0.299 e. The van der Waals surface area contributed by atoms with Crippen molar-refractivity contribution in [2.75, 3.05) is 0 Å². The number of nitriles is 1. The van der Waals surface area contributed by atoms with Gasteiger partial charge in [0, 0.05) is 12.3 Å². The number of carbonyl (C=O) groups is 1. The predicted octanol–water partition coefficient (Wildman–Crippen LogP) is 3.18. The molecule has 0 aromatic carbocycles. The van der Waals surface area contributed by atoms with E-state index in [9.17, 15) is 4.79 Å². The number of nitrogens with zero attached hydrogens (tertiary/aromatic N) is 1. The molecule has 0 aliphatic rings. The van der Waals surface area contributed by atoms with Crippen LogP contribution in [0.25, 0.3) is 0 Å². The number of ketones is 1. The highest BCUT2D eigenvalue weighted by molar-refractivity contribution is 5.80. The normalized spacial score (nSPS) is 15.3. The van der Waals surface area contributed by atoms with Gasteiger partial charge >= 0.3 is 0 Å². The molecule has 0 rings (SSSR count). The summed E-state index contributed by atoms with van der Waals surface area (Å²) in [6.07, 6.45) is 1.21. The number of hydrogen-bond acceptors (Lipinski definition) is 2.